The van der Waals surface area contributed by atoms with Crippen molar-refractivity contribution in [1.82, 2.24) is 0 Å². The molecule has 1 aromatic rings. The van der Waals surface area contributed by atoms with Gasteiger partial charge < -0.3 is 18.9 Å². The van der Waals surface area contributed by atoms with Gasteiger partial charge in [0.15, 0.2) is 0 Å². The van der Waals surface area contributed by atoms with Crippen LogP contribution in [0.3, 0.4) is 0 Å². The molecule has 0 atom stereocenters. The SMILES string of the molecule is O=P([O-])([O-])Oc1cccc(Cl)c1. The van der Waals surface area contributed by atoms with E-state index >= 15 is 0 Å². The Balaban J connectivity index is 2.84. The molecule has 4 nitrogen and oxygen atoms in total. The maximum absolute atomic E-state index is 10.1. The first-order valence-corrected chi connectivity index (χ1v) is 4.78. The van der Waals surface area contributed by atoms with E-state index in [0.29, 0.717) is 5.02 Å². The van der Waals surface area contributed by atoms with E-state index in [1.54, 1.807) is 0 Å². The lowest BCUT2D eigenvalue weighted by Crippen LogP contribution is -2.18. The summed E-state index contributed by atoms with van der Waals surface area (Å²) in [6, 6.07) is 5.58. The zero-order valence-electron chi connectivity index (χ0n) is 5.77. The Labute approximate surface area is 74.0 Å². The van der Waals surface area contributed by atoms with Gasteiger partial charge >= 0.3 is 0 Å². The van der Waals surface area contributed by atoms with Gasteiger partial charge in [-0.2, -0.15) is 0 Å². The van der Waals surface area contributed by atoms with E-state index in [1.807, 2.05) is 0 Å². The standard InChI is InChI=1S/C6H6ClO4P/c7-5-2-1-3-6(4-5)11-12(8,9)10/h1-4H,(H2,8,9,10)/p-2. The maximum atomic E-state index is 10.1. The van der Waals surface area contributed by atoms with Crippen molar-refractivity contribution in [2.75, 3.05) is 0 Å². The molecule has 0 aliphatic heterocycles. The van der Waals surface area contributed by atoms with Crippen molar-refractivity contribution in [1.29, 1.82) is 0 Å². The van der Waals surface area contributed by atoms with Gasteiger partial charge in [-0.15, -0.1) is 0 Å². The third kappa shape index (κ3) is 3.24. The van der Waals surface area contributed by atoms with Gasteiger partial charge in [0, 0.05) is 5.02 Å². The second-order valence-electron chi connectivity index (χ2n) is 2.00. The molecule has 6 heteroatoms. The average Bonchev–Trinajstić information content (AvgIpc) is 1.82. The fraction of sp³-hybridized carbons (Fsp3) is 0. The summed E-state index contributed by atoms with van der Waals surface area (Å²) in [7, 11) is -4.97. The average molecular weight is 207 g/mol. The van der Waals surface area contributed by atoms with Crippen molar-refractivity contribution in [3.8, 4) is 5.75 Å². The number of halogens is 1. The Morgan fingerprint density at radius 3 is 2.58 bits per heavy atom. The molecule has 0 amide bonds. The fourth-order valence-corrected chi connectivity index (χ4v) is 1.20. The lowest BCUT2D eigenvalue weighted by molar-refractivity contribution is -0.333. The molecule has 0 saturated carbocycles. The highest BCUT2D eigenvalue weighted by Crippen LogP contribution is 2.30. The molecule has 1 aromatic carbocycles. The molecule has 12 heavy (non-hydrogen) atoms. The number of hydrogen-bond acceptors (Lipinski definition) is 4. The summed E-state index contributed by atoms with van der Waals surface area (Å²) in [6.07, 6.45) is 0. The maximum Gasteiger partial charge on any atom is 0.125 e. The topological polar surface area (TPSA) is 72.4 Å². The Morgan fingerprint density at radius 2 is 2.08 bits per heavy atom. The van der Waals surface area contributed by atoms with Crippen LogP contribution in [0.2, 0.25) is 5.02 Å². The van der Waals surface area contributed by atoms with Crippen LogP contribution in [0.5, 0.6) is 5.75 Å². The molecule has 0 radical (unpaired) electrons. The normalized spacial score (nSPS) is 11.2. The number of hydrogen-bond donors (Lipinski definition) is 0. The smallest absolute Gasteiger partial charge is 0.125 e. The lowest BCUT2D eigenvalue weighted by atomic mass is 10.3. The third-order valence-corrected chi connectivity index (χ3v) is 1.68. The van der Waals surface area contributed by atoms with Crippen LogP contribution in [-0.2, 0) is 4.57 Å². The van der Waals surface area contributed by atoms with Gasteiger partial charge in [-0.05, 0) is 18.2 Å². The first-order valence-electron chi connectivity index (χ1n) is 2.94. The van der Waals surface area contributed by atoms with E-state index in [2.05, 4.69) is 4.52 Å². The number of rotatable bonds is 2. The molecular formula is C6H4ClO4P-2. The monoisotopic (exact) mass is 206 g/mol. The molecule has 66 valence electrons. The Morgan fingerprint density at radius 1 is 1.42 bits per heavy atom. The minimum absolute atomic E-state index is 0.0733. The largest absolute Gasteiger partial charge is 0.780 e. The molecule has 0 saturated heterocycles. The van der Waals surface area contributed by atoms with Gasteiger partial charge in [0.2, 0.25) is 0 Å². The van der Waals surface area contributed by atoms with Gasteiger partial charge in [-0.1, -0.05) is 17.7 Å². The minimum atomic E-state index is -4.97. The lowest BCUT2D eigenvalue weighted by Gasteiger charge is -2.28. The molecule has 0 bridgehead atoms. The molecule has 0 spiro atoms. The van der Waals surface area contributed by atoms with Crippen molar-refractivity contribution in [3.05, 3.63) is 29.3 Å². The van der Waals surface area contributed by atoms with Crippen LogP contribution >= 0.6 is 19.4 Å². The van der Waals surface area contributed by atoms with Crippen molar-refractivity contribution in [2.24, 2.45) is 0 Å². The van der Waals surface area contributed by atoms with Crippen LogP contribution in [0.25, 0.3) is 0 Å². The van der Waals surface area contributed by atoms with Crippen LogP contribution in [0.4, 0.5) is 0 Å². The van der Waals surface area contributed by atoms with Gasteiger partial charge in [-0.25, -0.2) is 0 Å². The van der Waals surface area contributed by atoms with Crippen molar-refractivity contribution < 1.29 is 18.9 Å². The summed E-state index contributed by atoms with van der Waals surface area (Å²) >= 11 is 5.50. The summed E-state index contributed by atoms with van der Waals surface area (Å²) in [4.78, 5) is 20.2. The summed E-state index contributed by atoms with van der Waals surface area (Å²) in [5.41, 5.74) is 0. The molecule has 0 fully saturated rings. The Bertz CT molecular complexity index is 321. The number of phosphoric ester groups is 1. The predicted molar refractivity (Wildman–Crippen MR) is 39.7 cm³/mol. The van der Waals surface area contributed by atoms with Gasteiger partial charge in [0.25, 0.3) is 0 Å². The summed E-state index contributed by atoms with van der Waals surface area (Å²) < 4.78 is 14.2. The van der Waals surface area contributed by atoms with E-state index in [0.717, 1.165) is 0 Å². The zero-order chi connectivity index (χ0) is 9.19. The quantitative estimate of drug-likeness (QED) is 0.663. The Kier molecular flexibility index (Phi) is 2.75. The molecular weight excluding hydrogens is 202 g/mol. The predicted octanol–water partition coefficient (Wildman–Crippen LogP) is 0.547. The van der Waals surface area contributed by atoms with Gasteiger partial charge in [0.1, 0.15) is 13.6 Å². The third-order valence-electron chi connectivity index (χ3n) is 1.01. The first kappa shape index (κ1) is 9.55. The van der Waals surface area contributed by atoms with Crippen LogP contribution < -0.4 is 14.3 Å². The van der Waals surface area contributed by atoms with Gasteiger partial charge in [0.05, 0.1) is 0 Å². The van der Waals surface area contributed by atoms with Gasteiger partial charge in [-0.3, -0.25) is 0 Å². The van der Waals surface area contributed by atoms with E-state index < -0.39 is 7.82 Å². The van der Waals surface area contributed by atoms with Crippen LogP contribution in [0.1, 0.15) is 0 Å². The molecule has 0 unspecified atom stereocenters. The van der Waals surface area contributed by atoms with Crippen molar-refractivity contribution in [3.63, 3.8) is 0 Å². The molecule has 0 aliphatic carbocycles. The highest BCUT2D eigenvalue weighted by atomic mass is 35.5. The Hall–Kier alpha value is -0.540. The van der Waals surface area contributed by atoms with Crippen LogP contribution in [0, 0.1) is 0 Å². The van der Waals surface area contributed by atoms with Crippen molar-refractivity contribution >= 4 is 19.4 Å². The van der Waals surface area contributed by atoms with E-state index in [4.69, 9.17) is 11.6 Å². The van der Waals surface area contributed by atoms with E-state index in [9.17, 15) is 14.4 Å². The fourth-order valence-electron chi connectivity index (χ4n) is 0.653. The van der Waals surface area contributed by atoms with E-state index in [-0.39, 0.29) is 5.75 Å². The highest BCUT2D eigenvalue weighted by Gasteiger charge is 1.96. The molecule has 0 aliphatic rings. The highest BCUT2D eigenvalue weighted by molar-refractivity contribution is 7.43. The summed E-state index contributed by atoms with van der Waals surface area (Å²) in [5, 5.41) is 0.306. The summed E-state index contributed by atoms with van der Waals surface area (Å²) in [6.45, 7) is 0. The van der Waals surface area contributed by atoms with Crippen LogP contribution in [-0.4, -0.2) is 0 Å². The number of phosphoric acid groups is 1. The summed E-state index contributed by atoms with van der Waals surface area (Å²) in [5.74, 6) is -0.0733. The van der Waals surface area contributed by atoms with E-state index in [1.165, 1.54) is 24.3 Å². The van der Waals surface area contributed by atoms with Crippen LogP contribution in [0.15, 0.2) is 24.3 Å². The molecule has 1 rings (SSSR count). The molecule has 0 aromatic heterocycles. The second kappa shape index (κ2) is 3.46. The second-order valence-corrected chi connectivity index (χ2v) is 3.51. The molecule has 0 N–H and O–H groups in total. The first-order chi connectivity index (χ1) is 5.47. The zero-order valence-corrected chi connectivity index (χ0v) is 7.42. The molecule has 0 heterocycles. The van der Waals surface area contributed by atoms with Crippen molar-refractivity contribution in [2.45, 2.75) is 0 Å². The number of benzene rings is 1. The minimum Gasteiger partial charge on any atom is -0.780 e.